The van der Waals surface area contributed by atoms with Gasteiger partial charge in [-0.2, -0.15) is 0 Å². The van der Waals surface area contributed by atoms with Crippen LogP contribution >= 0.6 is 11.8 Å². The molecule has 0 aliphatic rings. The number of hydrogen-bond donors (Lipinski definition) is 0. The van der Waals surface area contributed by atoms with E-state index in [-0.39, 0.29) is 23.6 Å². The summed E-state index contributed by atoms with van der Waals surface area (Å²) in [5.74, 6) is -0.829. The second-order valence-electron chi connectivity index (χ2n) is 7.85. The summed E-state index contributed by atoms with van der Waals surface area (Å²) in [5, 5.41) is 0.0462. The lowest BCUT2D eigenvalue weighted by molar-refractivity contribution is -0.167. The van der Waals surface area contributed by atoms with Crippen LogP contribution in [0.15, 0.2) is 11.1 Å². The minimum atomic E-state index is -1.25. The van der Waals surface area contributed by atoms with Gasteiger partial charge in [0.2, 0.25) is 0 Å². The van der Waals surface area contributed by atoms with Crippen LogP contribution in [0.3, 0.4) is 0 Å². The number of carbonyl (C=O) groups excluding carboxylic acids is 3. The number of rotatable bonds is 8. The Bertz CT molecular complexity index is 574. The number of esters is 1. The molecule has 4 nitrogen and oxygen atoms in total. The molecule has 0 unspecified atom stereocenters. The second-order valence-corrected chi connectivity index (χ2v) is 8.63. The number of hydrogen-bond acceptors (Lipinski definition) is 5. The van der Waals surface area contributed by atoms with Crippen LogP contribution in [-0.2, 0) is 19.1 Å². The lowest BCUT2D eigenvalue weighted by Crippen LogP contribution is -2.41. The summed E-state index contributed by atoms with van der Waals surface area (Å²) < 4.78 is 5.69. The Kier molecular flexibility index (Phi) is 8.21. The zero-order chi connectivity index (χ0) is 20.2. The van der Waals surface area contributed by atoms with Gasteiger partial charge in [0.1, 0.15) is 16.8 Å². The number of allylic oxidation sites excluding steroid dienone is 1. The smallest absolute Gasteiger partial charge is 0.319 e. The average Bonchev–Trinajstić information content (AvgIpc) is 2.51. The Hall–Kier alpha value is -1.04. The Morgan fingerprint density at radius 1 is 0.920 bits per heavy atom. The van der Waals surface area contributed by atoms with Crippen molar-refractivity contribution in [2.75, 3.05) is 6.26 Å². The van der Waals surface area contributed by atoms with Crippen molar-refractivity contribution in [2.45, 2.75) is 73.7 Å². The first-order valence-electron chi connectivity index (χ1n) is 8.39. The van der Waals surface area contributed by atoms with Gasteiger partial charge in [0, 0.05) is 0 Å². The van der Waals surface area contributed by atoms with Crippen LogP contribution in [0.2, 0.25) is 6.32 Å². The molecule has 0 aromatic rings. The first-order valence-corrected chi connectivity index (χ1v) is 9.62. The van der Waals surface area contributed by atoms with Crippen molar-refractivity contribution in [2.24, 2.45) is 10.8 Å². The fourth-order valence-corrected chi connectivity index (χ4v) is 2.99. The van der Waals surface area contributed by atoms with Crippen LogP contribution in [0.25, 0.3) is 0 Å². The van der Waals surface area contributed by atoms with Crippen molar-refractivity contribution in [3.8, 4) is 0 Å². The van der Waals surface area contributed by atoms with Gasteiger partial charge in [0.25, 0.3) is 0 Å². The molecular formula is C19H31BO4S. The van der Waals surface area contributed by atoms with Gasteiger partial charge < -0.3 is 4.74 Å². The Labute approximate surface area is 157 Å². The Morgan fingerprint density at radius 3 is 1.80 bits per heavy atom. The van der Waals surface area contributed by atoms with Gasteiger partial charge in [-0.1, -0.05) is 23.7 Å². The molecule has 0 rings (SSSR count). The average molecular weight is 366 g/mol. The number of Topliss-reactive ketones (excluding diaryl/α,β-unsaturated/α-hetero) is 1. The number of ketones is 1. The van der Waals surface area contributed by atoms with Crippen LogP contribution in [0.1, 0.15) is 61.8 Å². The van der Waals surface area contributed by atoms with Gasteiger partial charge in [-0.15, -0.1) is 0 Å². The van der Waals surface area contributed by atoms with Crippen molar-refractivity contribution in [1.29, 1.82) is 0 Å². The van der Waals surface area contributed by atoms with Gasteiger partial charge in [0.15, 0.2) is 5.12 Å². The van der Waals surface area contributed by atoms with E-state index in [0.29, 0.717) is 0 Å². The molecule has 0 aromatic carbocycles. The second kappa shape index (κ2) is 8.57. The van der Waals surface area contributed by atoms with E-state index in [9.17, 15) is 14.4 Å². The number of thioether (sulfide) groups is 1. The van der Waals surface area contributed by atoms with Crippen molar-refractivity contribution in [3.63, 3.8) is 0 Å². The van der Waals surface area contributed by atoms with E-state index in [1.807, 2.05) is 27.7 Å². The molecule has 0 heterocycles. The predicted molar refractivity (Wildman–Crippen MR) is 105 cm³/mol. The van der Waals surface area contributed by atoms with Crippen molar-refractivity contribution < 1.29 is 19.1 Å². The zero-order valence-corrected chi connectivity index (χ0v) is 17.8. The third-order valence-corrected chi connectivity index (χ3v) is 5.91. The predicted octanol–water partition coefficient (Wildman–Crippen LogP) is 4.13. The van der Waals surface area contributed by atoms with Crippen LogP contribution in [0.4, 0.5) is 0 Å². The first-order chi connectivity index (χ1) is 11.2. The molecule has 0 bridgehead atoms. The summed E-state index contributed by atoms with van der Waals surface area (Å²) >= 11 is 1.18. The molecular weight excluding hydrogens is 335 g/mol. The van der Waals surface area contributed by atoms with E-state index in [1.54, 1.807) is 34.0 Å². The van der Waals surface area contributed by atoms with Crippen LogP contribution in [0.5, 0.6) is 0 Å². The fourth-order valence-electron chi connectivity index (χ4n) is 2.32. The van der Waals surface area contributed by atoms with Gasteiger partial charge in [-0.3, -0.25) is 14.4 Å². The standard InChI is InChI=1S/C19H31BO4S/c1-12(17(3,4)16(23)25-9)13(2)19(7,8)24-15(22)18(5,6)14(21)10-11-20/h10-11H2,1-9H3/b13-12-. The van der Waals surface area contributed by atoms with E-state index in [2.05, 4.69) is 0 Å². The van der Waals surface area contributed by atoms with Gasteiger partial charge in [-0.05, 0) is 73.6 Å². The topological polar surface area (TPSA) is 60.4 Å². The number of ether oxygens (including phenoxy) is 1. The molecule has 2 radical (unpaired) electrons. The highest BCUT2D eigenvalue weighted by Gasteiger charge is 2.41. The molecule has 0 aliphatic carbocycles. The summed E-state index contributed by atoms with van der Waals surface area (Å²) in [5.41, 5.74) is -1.20. The normalized spacial score (nSPS) is 14.0. The van der Waals surface area contributed by atoms with E-state index in [1.165, 1.54) is 11.8 Å². The summed E-state index contributed by atoms with van der Waals surface area (Å²) in [6, 6.07) is 0. The molecule has 0 amide bonds. The van der Waals surface area contributed by atoms with Crippen LogP contribution in [-0.4, -0.2) is 36.6 Å². The molecule has 25 heavy (non-hydrogen) atoms. The van der Waals surface area contributed by atoms with Gasteiger partial charge >= 0.3 is 5.97 Å². The zero-order valence-electron chi connectivity index (χ0n) is 17.0. The third kappa shape index (κ3) is 5.47. The van der Waals surface area contributed by atoms with Crippen molar-refractivity contribution in [3.05, 3.63) is 11.1 Å². The van der Waals surface area contributed by atoms with E-state index in [4.69, 9.17) is 12.6 Å². The van der Waals surface area contributed by atoms with Crippen LogP contribution < -0.4 is 0 Å². The first kappa shape index (κ1) is 24.0. The molecule has 0 aromatic heterocycles. The Morgan fingerprint density at radius 2 is 1.40 bits per heavy atom. The molecule has 140 valence electrons. The molecule has 0 aliphatic heterocycles. The molecule has 0 saturated heterocycles. The lowest BCUT2D eigenvalue weighted by Gasteiger charge is -2.35. The Balaban J connectivity index is 5.64. The SMILES string of the molecule is [B]CCC(=O)C(C)(C)C(=O)OC(C)(C)/C(C)=C(/C)C(C)(C)C(=O)SC. The van der Waals surface area contributed by atoms with Crippen molar-refractivity contribution >= 4 is 36.5 Å². The largest absolute Gasteiger partial charge is 0.454 e. The van der Waals surface area contributed by atoms with E-state index >= 15 is 0 Å². The molecule has 0 saturated carbocycles. The lowest BCUT2D eigenvalue weighted by atomic mass is 9.79. The highest BCUT2D eigenvalue weighted by molar-refractivity contribution is 8.13. The molecule has 0 fully saturated rings. The summed E-state index contributed by atoms with van der Waals surface area (Å²) in [6.45, 7) is 14.1. The maximum absolute atomic E-state index is 12.6. The van der Waals surface area contributed by atoms with Gasteiger partial charge in [0.05, 0.1) is 13.3 Å². The maximum Gasteiger partial charge on any atom is 0.319 e. The monoisotopic (exact) mass is 366 g/mol. The maximum atomic E-state index is 12.6. The third-order valence-electron chi connectivity index (χ3n) is 5.03. The highest BCUT2D eigenvalue weighted by Crippen LogP contribution is 2.38. The molecule has 6 heteroatoms. The summed E-state index contributed by atoms with van der Waals surface area (Å²) in [4.78, 5) is 36.9. The number of carbonyl (C=O) groups is 3. The quantitative estimate of drug-likeness (QED) is 0.280. The van der Waals surface area contributed by atoms with Crippen LogP contribution in [0, 0.1) is 10.8 Å². The minimum absolute atomic E-state index is 0.0462. The molecule has 0 atom stereocenters. The van der Waals surface area contributed by atoms with Crippen molar-refractivity contribution in [1.82, 2.24) is 0 Å². The fraction of sp³-hybridized carbons (Fsp3) is 0.737. The molecule has 0 spiro atoms. The highest BCUT2D eigenvalue weighted by atomic mass is 32.2. The van der Waals surface area contributed by atoms with E-state index < -0.39 is 22.4 Å². The summed E-state index contributed by atoms with van der Waals surface area (Å²) in [7, 11) is 5.42. The minimum Gasteiger partial charge on any atom is -0.454 e. The van der Waals surface area contributed by atoms with E-state index in [0.717, 1.165) is 11.1 Å². The van der Waals surface area contributed by atoms with Gasteiger partial charge in [-0.25, -0.2) is 0 Å². The summed E-state index contributed by atoms with van der Waals surface area (Å²) in [6.07, 6.45) is 2.08. The molecule has 0 N–H and O–H groups in total.